The van der Waals surface area contributed by atoms with E-state index in [4.69, 9.17) is 52.0 Å². The van der Waals surface area contributed by atoms with Crippen LogP contribution in [0.15, 0.2) is 56.8 Å². The summed E-state index contributed by atoms with van der Waals surface area (Å²) in [5.74, 6) is -0.209. The van der Waals surface area contributed by atoms with E-state index in [0.717, 1.165) is 49.9 Å². The Balaban J connectivity index is 0.000000195. The molecule has 2 aliphatic rings. The fourth-order valence-corrected chi connectivity index (χ4v) is 7.33. The second kappa shape index (κ2) is 14.1. The zero-order valence-corrected chi connectivity index (χ0v) is 27.0. The van der Waals surface area contributed by atoms with Crippen LogP contribution in [-0.4, -0.2) is 49.0 Å². The molecule has 10 nitrogen and oxygen atoms in total. The van der Waals surface area contributed by atoms with Crippen molar-refractivity contribution < 1.29 is 8.78 Å². The molecule has 4 aromatic rings. The summed E-state index contributed by atoms with van der Waals surface area (Å²) in [6.07, 6.45) is 11.5. The summed E-state index contributed by atoms with van der Waals surface area (Å²) in [4.78, 5) is 26.9. The van der Waals surface area contributed by atoms with E-state index < -0.39 is 11.9 Å². The van der Waals surface area contributed by atoms with Crippen LogP contribution < -0.4 is 22.1 Å². The van der Waals surface area contributed by atoms with E-state index in [0.29, 0.717) is 37.1 Å². The van der Waals surface area contributed by atoms with E-state index in [-0.39, 0.29) is 21.0 Å². The highest BCUT2D eigenvalue weighted by Gasteiger charge is 2.43. The third-order valence-corrected chi connectivity index (χ3v) is 10.8. The van der Waals surface area contributed by atoms with Gasteiger partial charge in [0, 0.05) is 41.3 Å². The molecule has 1 aliphatic heterocycles. The fraction of sp³-hybridized carbons (Fsp3) is 0.333. The quantitative estimate of drug-likeness (QED) is 0.193. The highest BCUT2D eigenvalue weighted by atomic mass is 35.5. The Labute approximate surface area is 275 Å². The molecule has 44 heavy (non-hydrogen) atoms. The van der Waals surface area contributed by atoms with E-state index in [1.54, 1.807) is 18.3 Å². The maximum absolute atomic E-state index is 13.5. The first kappa shape index (κ1) is 32.6. The van der Waals surface area contributed by atoms with Crippen molar-refractivity contribution in [2.45, 2.75) is 58.0 Å². The van der Waals surface area contributed by atoms with Gasteiger partial charge in [0.25, 0.3) is 0 Å². The number of halogens is 5. The molecule has 1 saturated heterocycles. The van der Waals surface area contributed by atoms with Crippen LogP contribution in [0.1, 0.15) is 32.1 Å². The Morgan fingerprint density at radius 1 is 0.795 bits per heavy atom. The highest BCUT2D eigenvalue weighted by molar-refractivity contribution is 7.99. The van der Waals surface area contributed by atoms with Crippen LogP contribution >= 0.6 is 58.3 Å². The van der Waals surface area contributed by atoms with Gasteiger partial charge in [-0.1, -0.05) is 64.7 Å². The molecule has 0 aromatic carbocycles. The van der Waals surface area contributed by atoms with Gasteiger partial charge in [-0.15, -0.1) is 0 Å². The topological polar surface area (TPSA) is 159 Å². The van der Waals surface area contributed by atoms with Crippen LogP contribution in [0.4, 0.5) is 26.2 Å². The smallest absolute Gasteiger partial charge is 0.232 e. The van der Waals surface area contributed by atoms with Crippen LogP contribution in [-0.2, 0) is 0 Å². The summed E-state index contributed by atoms with van der Waals surface area (Å²) >= 11 is 19.6. The van der Waals surface area contributed by atoms with E-state index in [1.807, 2.05) is 0 Å². The molecule has 1 spiro atoms. The minimum absolute atomic E-state index is 0.0398. The van der Waals surface area contributed by atoms with Gasteiger partial charge < -0.3 is 22.1 Å². The van der Waals surface area contributed by atoms with Crippen molar-refractivity contribution in [3.63, 3.8) is 0 Å². The van der Waals surface area contributed by atoms with Gasteiger partial charge in [-0.25, -0.2) is 29.9 Å². The van der Waals surface area contributed by atoms with Crippen molar-refractivity contribution >= 4 is 75.8 Å². The number of nitrogen functional groups attached to an aromatic ring is 2. The van der Waals surface area contributed by atoms with Gasteiger partial charge in [-0.2, -0.15) is 8.78 Å². The third-order valence-electron chi connectivity index (χ3n) is 7.58. The summed E-state index contributed by atoms with van der Waals surface area (Å²) in [5.41, 5.74) is 18.4. The average molecular weight is 700 g/mol. The largest absolute Gasteiger partial charge is 0.381 e. The number of nitrogens with zero attached hydrogens (tertiary/aromatic N) is 7. The van der Waals surface area contributed by atoms with Crippen LogP contribution in [0.3, 0.4) is 0 Å². The molecular formula is C27H27Cl3F2N10S2. The average Bonchev–Trinajstić information content (AvgIpc) is 3.35. The lowest BCUT2D eigenvalue weighted by atomic mass is 9.74. The van der Waals surface area contributed by atoms with E-state index in [2.05, 4.69) is 34.8 Å². The van der Waals surface area contributed by atoms with Gasteiger partial charge >= 0.3 is 0 Å². The van der Waals surface area contributed by atoms with Gasteiger partial charge in [-0.05, 0) is 43.2 Å². The summed E-state index contributed by atoms with van der Waals surface area (Å²) < 4.78 is 26.6. The lowest BCUT2D eigenvalue weighted by molar-refractivity contribution is 0.197. The van der Waals surface area contributed by atoms with Crippen molar-refractivity contribution in [2.75, 3.05) is 29.5 Å². The summed E-state index contributed by atoms with van der Waals surface area (Å²) in [7, 11) is 0. The number of hydrogen-bond acceptors (Lipinski definition) is 12. The molecule has 1 atom stereocenters. The highest BCUT2D eigenvalue weighted by Crippen LogP contribution is 2.46. The number of hydrogen-bond donors (Lipinski definition) is 3. The van der Waals surface area contributed by atoms with Gasteiger partial charge in [0.1, 0.15) is 31.1 Å². The van der Waals surface area contributed by atoms with E-state index in [1.165, 1.54) is 43.2 Å². The molecular weight excluding hydrogens is 673 g/mol. The van der Waals surface area contributed by atoms with Crippen LogP contribution in [0, 0.1) is 17.3 Å². The molecule has 4 aromatic heterocycles. The van der Waals surface area contributed by atoms with Crippen LogP contribution in [0.5, 0.6) is 0 Å². The van der Waals surface area contributed by atoms with Crippen molar-refractivity contribution in [1.82, 2.24) is 29.9 Å². The van der Waals surface area contributed by atoms with E-state index in [9.17, 15) is 8.78 Å². The molecule has 5 heterocycles. The summed E-state index contributed by atoms with van der Waals surface area (Å²) in [5, 5.41) is 0.981. The Morgan fingerprint density at radius 3 is 1.84 bits per heavy atom. The summed E-state index contributed by atoms with van der Waals surface area (Å²) in [6.45, 7) is 1.82. The first-order chi connectivity index (χ1) is 21.1. The number of rotatable bonds is 5. The SMILES string of the molecule is Nc1nc(Cl)cnc1Sc1ccnc(F)c1Cl.Nc1nc(N2CCC3(CCC[C@H]3N)CC2)cnc1Sc1ccnc(F)c1Cl. The molecule has 0 amide bonds. The number of piperidine rings is 1. The first-order valence-corrected chi connectivity index (χ1v) is 16.2. The molecule has 2 fully saturated rings. The molecule has 232 valence electrons. The van der Waals surface area contributed by atoms with Gasteiger partial charge in [0.15, 0.2) is 11.6 Å². The predicted molar refractivity (Wildman–Crippen MR) is 170 cm³/mol. The third kappa shape index (κ3) is 7.37. The lowest BCUT2D eigenvalue weighted by Gasteiger charge is -2.42. The van der Waals surface area contributed by atoms with Crippen molar-refractivity contribution in [2.24, 2.45) is 11.1 Å². The van der Waals surface area contributed by atoms with Crippen LogP contribution in [0.25, 0.3) is 0 Å². The standard InChI is InChI=1S/C18H22ClFN6S.C9H5Cl2FN4S/c19-14-11(3-7-23-15(14)20)27-17-16(22)25-13(10-24-17)26-8-5-18(6-9-26)4-1-2-12(18)21;10-5-3-15-9(8(13)16-5)17-4-1-2-14-7(12)6(4)11/h3,7,10,12H,1-2,4-6,8-9,21H2,(H2,22,25);1-3H,(H2,13,16)/t12-;/m1./s1. The second-order valence-corrected chi connectivity index (χ2v) is 13.4. The molecule has 0 unspecified atom stereocenters. The number of anilines is 3. The minimum Gasteiger partial charge on any atom is -0.381 e. The van der Waals surface area contributed by atoms with E-state index >= 15 is 0 Å². The van der Waals surface area contributed by atoms with Crippen molar-refractivity contribution in [1.29, 1.82) is 0 Å². The zero-order valence-electron chi connectivity index (χ0n) is 23.1. The monoisotopic (exact) mass is 698 g/mol. The van der Waals surface area contributed by atoms with Gasteiger partial charge in [0.2, 0.25) is 11.9 Å². The maximum Gasteiger partial charge on any atom is 0.232 e. The number of aromatic nitrogens is 6. The number of nitrogens with two attached hydrogens (primary N) is 3. The molecule has 1 aliphatic carbocycles. The Hall–Kier alpha value is -2.75. The molecule has 6 N–H and O–H groups in total. The lowest BCUT2D eigenvalue weighted by Crippen LogP contribution is -2.47. The Morgan fingerprint density at radius 2 is 1.34 bits per heavy atom. The molecule has 0 bridgehead atoms. The summed E-state index contributed by atoms with van der Waals surface area (Å²) in [6, 6.07) is 3.51. The Kier molecular flexibility index (Phi) is 10.5. The molecule has 6 rings (SSSR count). The second-order valence-electron chi connectivity index (χ2n) is 10.2. The predicted octanol–water partition coefficient (Wildman–Crippen LogP) is 6.55. The Bertz CT molecular complexity index is 1650. The normalized spacial score (nSPS) is 17.4. The minimum atomic E-state index is -0.739. The van der Waals surface area contributed by atoms with Gasteiger partial charge in [0.05, 0.1) is 12.4 Å². The van der Waals surface area contributed by atoms with Crippen molar-refractivity contribution in [3.05, 3.63) is 64.0 Å². The molecule has 1 saturated carbocycles. The molecule has 0 radical (unpaired) electrons. The first-order valence-electron chi connectivity index (χ1n) is 13.4. The van der Waals surface area contributed by atoms with Gasteiger partial charge in [-0.3, -0.25) is 0 Å². The fourth-order valence-electron chi connectivity index (χ4n) is 5.20. The van der Waals surface area contributed by atoms with Crippen molar-refractivity contribution in [3.8, 4) is 0 Å². The van der Waals surface area contributed by atoms with Crippen LogP contribution in [0.2, 0.25) is 15.2 Å². The zero-order chi connectivity index (χ0) is 31.4. The maximum atomic E-state index is 13.5. The number of pyridine rings is 2. The molecule has 17 heteroatoms.